The largest absolute Gasteiger partial charge is 0.0654 e. The Morgan fingerprint density at radius 3 is 1.83 bits per heavy atom. The van der Waals surface area contributed by atoms with Gasteiger partial charge >= 0.3 is 0 Å². The van der Waals surface area contributed by atoms with Crippen molar-refractivity contribution in [3.05, 3.63) is 71.3 Å². The molecule has 0 aromatic heterocycles. The molecule has 2 aromatic rings. The Kier molecular flexibility index (Phi) is 8.06. The van der Waals surface area contributed by atoms with Crippen molar-refractivity contribution >= 4 is 0 Å². The number of hydrogen-bond donors (Lipinski definition) is 0. The summed E-state index contributed by atoms with van der Waals surface area (Å²) in [7, 11) is 0. The van der Waals surface area contributed by atoms with Crippen LogP contribution in [-0.4, -0.2) is 0 Å². The maximum atomic E-state index is 3.23. The summed E-state index contributed by atoms with van der Waals surface area (Å²) in [5.74, 6) is 6.44. The Morgan fingerprint density at radius 1 is 0.609 bits per heavy atom. The molecule has 0 fully saturated rings. The van der Waals surface area contributed by atoms with Gasteiger partial charge in [-0.05, 0) is 42.7 Å². The minimum atomic E-state index is 1.07. The molecule has 0 radical (unpaired) electrons. The van der Waals surface area contributed by atoms with E-state index >= 15 is 0 Å². The lowest BCUT2D eigenvalue weighted by atomic mass is 10.0. The molecule has 0 heterocycles. The van der Waals surface area contributed by atoms with Crippen LogP contribution < -0.4 is 0 Å². The molecule has 2 rings (SSSR count). The van der Waals surface area contributed by atoms with Crippen LogP contribution in [0.5, 0.6) is 0 Å². The third-order valence-corrected chi connectivity index (χ3v) is 4.15. The summed E-state index contributed by atoms with van der Waals surface area (Å²) >= 11 is 0. The molecule has 0 spiro atoms. The topological polar surface area (TPSA) is 0 Å². The Labute approximate surface area is 142 Å². The van der Waals surface area contributed by atoms with E-state index in [9.17, 15) is 0 Å². The summed E-state index contributed by atoms with van der Waals surface area (Å²) in [6.45, 7) is 2.27. The minimum absolute atomic E-state index is 1.07. The Morgan fingerprint density at radius 2 is 1.17 bits per heavy atom. The number of benzene rings is 2. The molecule has 0 amide bonds. The molecule has 0 nitrogen and oxygen atoms in total. The maximum Gasteiger partial charge on any atom is 0.0249 e. The molecule has 0 aliphatic heterocycles. The van der Waals surface area contributed by atoms with Crippen molar-refractivity contribution in [2.45, 2.75) is 58.3 Å². The highest BCUT2D eigenvalue weighted by Crippen LogP contribution is 2.11. The Bertz CT molecular complexity index is 596. The standard InChI is InChI=1S/C23H28/c1-2-3-4-5-6-7-9-14-22-16-19-23(20-17-22)18-15-21-12-10-8-11-13-21/h8,10-13,16-17,19-20H,2-7,9,14H2,1H3. The molecule has 0 heteroatoms. The first-order chi connectivity index (χ1) is 11.4. The molecule has 0 aliphatic carbocycles. The summed E-state index contributed by atoms with van der Waals surface area (Å²) < 4.78 is 0. The SMILES string of the molecule is CCCCCCCCCc1ccc(C#Cc2ccccc2)cc1. The molecule has 0 unspecified atom stereocenters. The van der Waals surface area contributed by atoms with E-state index in [0.717, 1.165) is 11.1 Å². The van der Waals surface area contributed by atoms with E-state index in [-0.39, 0.29) is 0 Å². The Balaban J connectivity index is 1.71. The normalized spacial score (nSPS) is 10.1. The summed E-state index contributed by atoms with van der Waals surface area (Å²) in [6.07, 6.45) is 10.8. The first-order valence-corrected chi connectivity index (χ1v) is 9.04. The summed E-state index contributed by atoms with van der Waals surface area (Å²) in [5.41, 5.74) is 3.60. The van der Waals surface area contributed by atoms with Crippen molar-refractivity contribution < 1.29 is 0 Å². The first kappa shape index (κ1) is 17.4. The molecule has 0 bridgehead atoms. The number of aryl methyl sites for hydroxylation is 1. The van der Waals surface area contributed by atoms with Gasteiger partial charge in [0.1, 0.15) is 0 Å². The molecule has 0 aliphatic rings. The van der Waals surface area contributed by atoms with E-state index in [1.165, 1.54) is 56.9 Å². The zero-order chi connectivity index (χ0) is 16.2. The van der Waals surface area contributed by atoms with E-state index in [2.05, 4.69) is 43.0 Å². The van der Waals surface area contributed by atoms with Crippen LogP contribution in [0.3, 0.4) is 0 Å². The fraction of sp³-hybridized carbons (Fsp3) is 0.391. The summed E-state index contributed by atoms with van der Waals surface area (Å²) in [6, 6.07) is 18.9. The molecule has 0 saturated carbocycles. The quantitative estimate of drug-likeness (QED) is 0.392. The highest BCUT2D eigenvalue weighted by atomic mass is 14.0. The maximum absolute atomic E-state index is 3.23. The molecule has 0 saturated heterocycles. The smallest absolute Gasteiger partial charge is 0.0249 e. The second kappa shape index (κ2) is 10.7. The van der Waals surface area contributed by atoms with Crippen molar-refractivity contribution in [3.63, 3.8) is 0 Å². The van der Waals surface area contributed by atoms with Crippen LogP contribution in [0.25, 0.3) is 0 Å². The molecule has 0 atom stereocenters. The summed E-state index contributed by atoms with van der Waals surface area (Å²) in [5, 5.41) is 0. The zero-order valence-corrected chi connectivity index (χ0v) is 14.4. The van der Waals surface area contributed by atoms with E-state index in [0.29, 0.717) is 0 Å². The predicted molar refractivity (Wildman–Crippen MR) is 101 cm³/mol. The molecule has 2 aromatic carbocycles. The van der Waals surface area contributed by atoms with Gasteiger partial charge in [-0.25, -0.2) is 0 Å². The van der Waals surface area contributed by atoms with E-state index < -0.39 is 0 Å². The number of rotatable bonds is 8. The van der Waals surface area contributed by atoms with Crippen molar-refractivity contribution in [1.82, 2.24) is 0 Å². The van der Waals surface area contributed by atoms with Gasteiger partial charge in [0.15, 0.2) is 0 Å². The van der Waals surface area contributed by atoms with Crippen LogP contribution in [0.1, 0.15) is 68.6 Å². The van der Waals surface area contributed by atoms with Gasteiger partial charge in [0.2, 0.25) is 0 Å². The highest BCUT2D eigenvalue weighted by molar-refractivity contribution is 5.43. The van der Waals surface area contributed by atoms with E-state index in [4.69, 9.17) is 0 Å². The lowest BCUT2D eigenvalue weighted by molar-refractivity contribution is 0.589. The fourth-order valence-electron chi connectivity index (χ4n) is 2.71. The van der Waals surface area contributed by atoms with Gasteiger partial charge in [-0.3, -0.25) is 0 Å². The van der Waals surface area contributed by atoms with Gasteiger partial charge in [0, 0.05) is 11.1 Å². The molecule has 120 valence electrons. The van der Waals surface area contributed by atoms with Crippen LogP contribution >= 0.6 is 0 Å². The molecular weight excluding hydrogens is 276 g/mol. The van der Waals surface area contributed by atoms with Gasteiger partial charge in [0.25, 0.3) is 0 Å². The van der Waals surface area contributed by atoms with Gasteiger partial charge < -0.3 is 0 Å². The number of unbranched alkanes of at least 4 members (excludes halogenated alkanes) is 6. The second-order valence-corrected chi connectivity index (χ2v) is 6.18. The van der Waals surface area contributed by atoms with Crippen molar-refractivity contribution in [1.29, 1.82) is 0 Å². The highest BCUT2D eigenvalue weighted by Gasteiger charge is 1.95. The average Bonchev–Trinajstić information content (AvgIpc) is 2.61. The zero-order valence-electron chi connectivity index (χ0n) is 14.4. The van der Waals surface area contributed by atoms with Gasteiger partial charge in [-0.15, -0.1) is 0 Å². The van der Waals surface area contributed by atoms with Gasteiger partial charge in [-0.2, -0.15) is 0 Å². The second-order valence-electron chi connectivity index (χ2n) is 6.18. The lowest BCUT2D eigenvalue weighted by Crippen LogP contribution is -1.87. The van der Waals surface area contributed by atoms with Crippen LogP contribution in [0, 0.1) is 11.8 Å². The third-order valence-electron chi connectivity index (χ3n) is 4.15. The van der Waals surface area contributed by atoms with Gasteiger partial charge in [-0.1, -0.05) is 87.6 Å². The van der Waals surface area contributed by atoms with Gasteiger partial charge in [0.05, 0.1) is 0 Å². The van der Waals surface area contributed by atoms with Crippen LogP contribution in [0.2, 0.25) is 0 Å². The molecule has 23 heavy (non-hydrogen) atoms. The van der Waals surface area contributed by atoms with Crippen LogP contribution in [-0.2, 0) is 6.42 Å². The van der Waals surface area contributed by atoms with Crippen molar-refractivity contribution in [2.24, 2.45) is 0 Å². The van der Waals surface area contributed by atoms with Crippen LogP contribution in [0.15, 0.2) is 54.6 Å². The fourth-order valence-corrected chi connectivity index (χ4v) is 2.71. The lowest BCUT2D eigenvalue weighted by Gasteiger charge is -2.02. The minimum Gasteiger partial charge on any atom is -0.0654 e. The number of hydrogen-bond acceptors (Lipinski definition) is 0. The predicted octanol–water partition coefficient (Wildman–Crippen LogP) is 6.38. The monoisotopic (exact) mass is 304 g/mol. The third kappa shape index (κ3) is 7.20. The Hall–Kier alpha value is -2.00. The van der Waals surface area contributed by atoms with E-state index in [1.807, 2.05) is 30.3 Å². The molecule has 0 N–H and O–H groups in total. The molecular formula is C23H28. The van der Waals surface area contributed by atoms with Crippen molar-refractivity contribution in [3.8, 4) is 11.8 Å². The summed E-state index contributed by atoms with van der Waals surface area (Å²) in [4.78, 5) is 0. The average molecular weight is 304 g/mol. The van der Waals surface area contributed by atoms with Crippen LogP contribution in [0.4, 0.5) is 0 Å². The van der Waals surface area contributed by atoms with E-state index in [1.54, 1.807) is 0 Å². The van der Waals surface area contributed by atoms with Crippen molar-refractivity contribution in [2.75, 3.05) is 0 Å². The first-order valence-electron chi connectivity index (χ1n) is 9.04.